The molecule has 0 bridgehead atoms. The molecule has 0 radical (unpaired) electrons. The second kappa shape index (κ2) is 7.19. The summed E-state index contributed by atoms with van der Waals surface area (Å²) in [6, 6.07) is 6.46. The highest BCUT2D eigenvalue weighted by Gasteiger charge is 2.26. The van der Waals surface area contributed by atoms with Gasteiger partial charge in [0, 0.05) is 18.5 Å². The van der Waals surface area contributed by atoms with Crippen molar-refractivity contribution in [1.29, 1.82) is 0 Å². The van der Waals surface area contributed by atoms with Crippen molar-refractivity contribution in [3.8, 4) is 0 Å². The number of nitrogens with one attached hydrogen (secondary N) is 1. The molecule has 0 unspecified atom stereocenters. The first-order chi connectivity index (χ1) is 9.61. The third-order valence-electron chi connectivity index (χ3n) is 2.59. The van der Waals surface area contributed by atoms with Crippen LogP contribution in [0.5, 0.6) is 0 Å². The van der Waals surface area contributed by atoms with Crippen molar-refractivity contribution < 1.29 is 21.6 Å². The molecule has 0 saturated heterocycles. The lowest BCUT2D eigenvalue weighted by Crippen LogP contribution is -2.28. The van der Waals surface area contributed by atoms with Gasteiger partial charge in [-0.25, -0.2) is 13.1 Å². The third-order valence-corrected chi connectivity index (χ3v) is 4.14. The largest absolute Gasteiger partial charge is 0.389 e. The average Bonchev–Trinajstić information content (AvgIpc) is 2.33. The highest BCUT2D eigenvalue weighted by atomic mass is 32.2. The number of hydrogen-bond donors (Lipinski definition) is 2. The molecule has 1 aromatic carbocycles. The number of rotatable bonds is 7. The van der Waals surface area contributed by atoms with Gasteiger partial charge in [0.15, 0.2) is 0 Å². The van der Waals surface area contributed by atoms with Crippen LogP contribution >= 0.6 is 12.2 Å². The van der Waals surface area contributed by atoms with Crippen LogP contribution in [0.3, 0.4) is 0 Å². The molecule has 9 heteroatoms. The molecule has 0 atom stereocenters. The Morgan fingerprint density at radius 1 is 1.29 bits per heavy atom. The summed E-state index contributed by atoms with van der Waals surface area (Å²) in [7, 11) is -3.74. The van der Waals surface area contributed by atoms with E-state index in [2.05, 4.69) is 4.72 Å². The zero-order valence-electron chi connectivity index (χ0n) is 11.0. The zero-order valence-corrected chi connectivity index (χ0v) is 12.6. The van der Waals surface area contributed by atoms with Crippen LogP contribution in [0.15, 0.2) is 24.3 Å². The van der Waals surface area contributed by atoms with Crippen LogP contribution in [0.2, 0.25) is 0 Å². The maximum absolute atomic E-state index is 12.0. The minimum atomic E-state index is -4.29. The molecule has 0 aliphatic carbocycles. The first-order valence-corrected chi connectivity index (χ1v) is 8.08. The van der Waals surface area contributed by atoms with Crippen molar-refractivity contribution in [2.45, 2.75) is 24.8 Å². The lowest BCUT2D eigenvalue weighted by atomic mass is 10.1. The molecular formula is C12H15F3N2O2S2. The van der Waals surface area contributed by atoms with Gasteiger partial charge in [-0.1, -0.05) is 36.5 Å². The molecule has 0 fully saturated rings. The molecule has 0 aliphatic heterocycles. The highest BCUT2D eigenvalue weighted by molar-refractivity contribution is 7.88. The second-order valence-corrected chi connectivity index (χ2v) is 6.64. The van der Waals surface area contributed by atoms with Crippen LogP contribution in [-0.2, 0) is 15.8 Å². The average molecular weight is 340 g/mol. The Labute approximate surface area is 126 Å². The van der Waals surface area contributed by atoms with Crippen LogP contribution in [0.1, 0.15) is 24.0 Å². The van der Waals surface area contributed by atoms with Crippen molar-refractivity contribution in [3.63, 3.8) is 0 Å². The fraction of sp³-hybridized carbons (Fsp3) is 0.417. The lowest BCUT2D eigenvalue weighted by molar-refractivity contribution is -0.135. The monoisotopic (exact) mass is 340 g/mol. The highest BCUT2D eigenvalue weighted by Crippen LogP contribution is 2.20. The van der Waals surface area contributed by atoms with Crippen molar-refractivity contribution in [3.05, 3.63) is 35.4 Å². The molecule has 0 spiro atoms. The Balaban J connectivity index is 2.63. The fourth-order valence-corrected chi connectivity index (χ4v) is 3.08. The van der Waals surface area contributed by atoms with Gasteiger partial charge in [0.1, 0.15) is 4.99 Å². The first-order valence-electron chi connectivity index (χ1n) is 6.02. The first kappa shape index (κ1) is 17.9. The summed E-state index contributed by atoms with van der Waals surface area (Å²) in [5, 5.41) is 0. The van der Waals surface area contributed by atoms with Crippen LogP contribution in [-0.4, -0.2) is 26.1 Å². The predicted molar refractivity (Wildman–Crippen MR) is 78.2 cm³/mol. The minimum absolute atomic E-state index is 0.0675. The molecule has 0 heterocycles. The van der Waals surface area contributed by atoms with Crippen molar-refractivity contribution in [2.24, 2.45) is 5.73 Å². The molecule has 1 rings (SSSR count). The maximum Gasteiger partial charge on any atom is 0.389 e. The van der Waals surface area contributed by atoms with Crippen LogP contribution in [0, 0.1) is 0 Å². The van der Waals surface area contributed by atoms with E-state index in [1.807, 2.05) is 0 Å². The van der Waals surface area contributed by atoms with Crippen molar-refractivity contribution in [2.75, 3.05) is 6.54 Å². The summed E-state index contributed by atoms with van der Waals surface area (Å²) < 4.78 is 61.7. The molecular weight excluding hydrogens is 325 g/mol. The standard InChI is InChI=1S/C12H15F3N2O2S2/c13-12(14,15)6-3-7-17-21(18,19)8-9-4-1-2-5-10(9)11(16)20/h1-2,4-5,17H,3,6-8H2,(H2,16,20). The lowest BCUT2D eigenvalue weighted by Gasteiger charge is -2.10. The Hall–Kier alpha value is -1.19. The van der Waals surface area contributed by atoms with Gasteiger partial charge in [-0.15, -0.1) is 0 Å². The SMILES string of the molecule is NC(=S)c1ccccc1CS(=O)(=O)NCCCC(F)(F)F. The van der Waals surface area contributed by atoms with Gasteiger partial charge in [-0.2, -0.15) is 13.2 Å². The topological polar surface area (TPSA) is 72.2 Å². The van der Waals surface area contributed by atoms with E-state index in [-0.39, 0.29) is 23.7 Å². The smallest absolute Gasteiger partial charge is 0.389 e. The maximum atomic E-state index is 12.0. The number of hydrogen-bond acceptors (Lipinski definition) is 3. The van der Waals surface area contributed by atoms with Gasteiger partial charge >= 0.3 is 6.18 Å². The van der Waals surface area contributed by atoms with Crippen LogP contribution < -0.4 is 10.5 Å². The summed E-state index contributed by atoms with van der Waals surface area (Å²) in [6.45, 7) is -0.267. The molecule has 118 valence electrons. The fourth-order valence-electron chi connectivity index (χ4n) is 1.66. The van der Waals surface area contributed by atoms with E-state index in [4.69, 9.17) is 18.0 Å². The predicted octanol–water partition coefficient (Wildman–Crippen LogP) is 2.08. The van der Waals surface area contributed by atoms with E-state index in [0.717, 1.165) is 0 Å². The number of nitrogens with two attached hydrogens (primary N) is 1. The molecule has 4 nitrogen and oxygen atoms in total. The summed E-state index contributed by atoms with van der Waals surface area (Å²) in [6.07, 6.45) is -5.62. The van der Waals surface area contributed by atoms with Crippen LogP contribution in [0.4, 0.5) is 13.2 Å². The van der Waals surface area contributed by atoms with Crippen molar-refractivity contribution >= 4 is 27.2 Å². The van der Waals surface area contributed by atoms with E-state index >= 15 is 0 Å². The minimum Gasteiger partial charge on any atom is -0.389 e. The summed E-state index contributed by atoms with van der Waals surface area (Å²) in [5.74, 6) is -0.382. The van der Waals surface area contributed by atoms with E-state index in [0.29, 0.717) is 11.1 Å². The number of halogens is 3. The Morgan fingerprint density at radius 2 is 1.90 bits per heavy atom. The summed E-state index contributed by atoms with van der Waals surface area (Å²) in [4.78, 5) is 0.0675. The van der Waals surface area contributed by atoms with Gasteiger partial charge in [0.25, 0.3) is 0 Å². The van der Waals surface area contributed by atoms with E-state index < -0.39 is 22.6 Å². The number of alkyl halides is 3. The molecule has 3 N–H and O–H groups in total. The number of benzene rings is 1. The van der Waals surface area contributed by atoms with Gasteiger partial charge in [0.05, 0.1) is 5.75 Å². The second-order valence-electron chi connectivity index (χ2n) is 4.39. The Kier molecular flexibility index (Phi) is 6.11. The molecule has 1 aromatic rings. The Bertz CT molecular complexity index is 601. The van der Waals surface area contributed by atoms with E-state index in [1.54, 1.807) is 24.3 Å². The van der Waals surface area contributed by atoms with Gasteiger partial charge in [-0.3, -0.25) is 0 Å². The molecule has 0 aromatic heterocycles. The molecule has 0 saturated carbocycles. The summed E-state index contributed by atoms with van der Waals surface area (Å²) >= 11 is 4.82. The molecule has 0 amide bonds. The van der Waals surface area contributed by atoms with E-state index in [9.17, 15) is 21.6 Å². The van der Waals surface area contributed by atoms with Gasteiger partial charge in [-0.05, 0) is 12.0 Å². The normalized spacial score (nSPS) is 12.3. The molecule has 21 heavy (non-hydrogen) atoms. The summed E-state index contributed by atoms with van der Waals surface area (Å²) in [5.41, 5.74) is 6.34. The quantitative estimate of drug-likeness (QED) is 0.589. The van der Waals surface area contributed by atoms with Crippen LogP contribution in [0.25, 0.3) is 0 Å². The number of sulfonamides is 1. The third kappa shape index (κ3) is 6.87. The number of thiocarbonyl (C=S) groups is 1. The van der Waals surface area contributed by atoms with E-state index in [1.165, 1.54) is 0 Å². The Morgan fingerprint density at radius 3 is 2.48 bits per heavy atom. The van der Waals surface area contributed by atoms with Gasteiger partial charge < -0.3 is 5.73 Å². The zero-order chi connectivity index (χ0) is 16.1. The van der Waals surface area contributed by atoms with Crippen molar-refractivity contribution in [1.82, 2.24) is 4.72 Å². The van der Waals surface area contributed by atoms with Gasteiger partial charge in [0.2, 0.25) is 10.0 Å². The molecule has 0 aliphatic rings.